The van der Waals surface area contributed by atoms with Gasteiger partial charge in [-0.15, -0.1) is 0 Å². The van der Waals surface area contributed by atoms with E-state index in [0.29, 0.717) is 0 Å². The van der Waals surface area contributed by atoms with Gasteiger partial charge in [0.15, 0.2) is 0 Å². The summed E-state index contributed by atoms with van der Waals surface area (Å²) in [4.78, 5) is 1.45. The highest BCUT2D eigenvalue weighted by atomic mass is 32.2. The van der Waals surface area contributed by atoms with Crippen LogP contribution in [0.5, 0.6) is 0 Å². The van der Waals surface area contributed by atoms with Crippen molar-refractivity contribution in [1.82, 2.24) is 0 Å². The van der Waals surface area contributed by atoms with Crippen molar-refractivity contribution in [1.29, 1.82) is 0 Å². The lowest BCUT2D eigenvalue weighted by molar-refractivity contribution is 0.651. The summed E-state index contributed by atoms with van der Waals surface area (Å²) in [6, 6.07) is 4.86. The summed E-state index contributed by atoms with van der Waals surface area (Å²) in [6.45, 7) is 28.3. The molecule has 0 atom stereocenters. The summed E-state index contributed by atoms with van der Waals surface area (Å²) in [7, 11) is 0. The predicted octanol–water partition coefficient (Wildman–Crippen LogP) is 10.7. The molecule has 0 bridgehead atoms. The van der Waals surface area contributed by atoms with E-state index in [1.54, 1.807) is 0 Å². The van der Waals surface area contributed by atoms with E-state index < -0.39 is 0 Å². The zero-order valence-electron chi connectivity index (χ0n) is 25.9. The van der Waals surface area contributed by atoms with Crippen LogP contribution in [0.15, 0.2) is 34.6 Å². The molecule has 1 heterocycles. The van der Waals surface area contributed by atoms with Crippen molar-refractivity contribution in [3.63, 3.8) is 0 Å². The van der Waals surface area contributed by atoms with Crippen molar-refractivity contribution in [3.05, 3.63) is 113 Å². The molecule has 39 heavy (non-hydrogen) atoms. The van der Waals surface area contributed by atoms with Crippen molar-refractivity contribution >= 4 is 29.0 Å². The third-order valence-corrected chi connectivity index (χ3v) is 11.9. The topological polar surface area (TPSA) is 0 Å². The minimum absolute atomic E-state index is 0.0167. The quantitative estimate of drug-likeness (QED) is 0.278. The number of hydrogen-bond donors (Lipinski definition) is 0. The Hall–Kier alpha value is -2.77. The summed E-state index contributed by atoms with van der Waals surface area (Å²) in [5.41, 5.74) is 24.1. The molecule has 200 valence electrons. The molecule has 0 saturated carbocycles. The van der Waals surface area contributed by atoms with Crippen molar-refractivity contribution in [2.24, 2.45) is 0 Å². The van der Waals surface area contributed by atoms with E-state index in [1.165, 1.54) is 99.5 Å². The summed E-state index contributed by atoms with van der Waals surface area (Å²) < 4.78 is 0. The minimum atomic E-state index is -0.363. The maximum Gasteiger partial charge on any atom is 0.0668 e. The average Bonchev–Trinajstić information content (AvgIpc) is 3.19. The van der Waals surface area contributed by atoms with Crippen LogP contribution in [0.2, 0.25) is 0 Å². The fourth-order valence-electron chi connectivity index (χ4n) is 7.99. The summed E-state index contributed by atoms with van der Waals surface area (Å²) in [5.74, 6) is 0. The average molecular weight is 531 g/mol. The molecular weight excluding hydrogens is 488 g/mol. The standard InChI is InChI=1S/C38H42S/c1-19-21(3)27(9)33-31(23(19)5)25(7)26(8)32-24(6)20(2)22(4)28(10)34(32)38(33)17-18-39-36-30(38)14-13-29-15-16-37(11,12)35(29)36/h13-18H,1-12H3. The van der Waals surface area contributed by atoms with Crippen molar-refractivity contribution in [2.45, 2.75) is 98.8 Å². The maximum atomic E-state index is 2.56. The van der Waals surface area contributed by atoms with Gasteiger partial charge in [0.25, 0.3) is 0 Å². The third-order valence-electron chi connectivity index (χ3n) is 10.9. The van der Waals surface area contributed by atoms with E-state index in [4.69, 9.17) is 0 Å². The van der Waals surface area contributed by atoms with Gasteiger partial charge in [0.2, 0.25) is 0 Å². The van der Waals surface area contributed by atoms with E-state index in [-0.39, 0.29) is 10.8 Å². The molecule has 0 aromatic heterocycles. The first kappa shape index (κ1) is 26.5. The molecule has 6 rings (SSSR count). The second-order valence-corrected chi connectivity index (χ2v) is 13.9. The highest BCUT2D eigenvalue weighted by Gasteiger charge is 2.48. The number of rotatable bonds is 0. The van der Waals surface area contributed by atoms with Gasteiger partial charge in [-0.05, 0) is 169 Å². The SMILES string of the molecule is CC1=C(C)c2c(C)c(C)c(C)c(C)c2C2(C=CSc3c2ccc2c3C(C)(C)C=C2)c2c(C)c(C)c(C)c(C)c21. The molecule has 1 heteroatoms. The Morgan fingerprint density at radius 3 is 1.54 bits per heavy atom. The Kier molecular flexibility index (Phi) is 5.68. The smallest absolute Gasteiger partial charge is 0.0668 e. The van der Waals surface area contributed by atoms with E-state index in [2.05, 4.69) is 119 Å². The van der Waals surface area contributed by atoms with Crippen LogP contribution in [-0.4, -0.2) is 0 Å². The van der Waals surface area contributed by atoms with Gasteiger partial charge in [0.05, 0.1) is 5.41 Å². The molecule has 0 saturated heterocycles. The number of benzene rings is 3. The largest absolute Gasteiger partial charge is 0.0977 e. The number of hydrogen-bond acceptors (Lipinski definition) is 1. The lowest BCUT2D eigenvalue weighted by Crippen LogP contribution is -2.34. The predicted molar refractivity (Wildman–Crippen MR) is 172 cm³/mol. The monoisotopic (exact) mass is 530 g/mol. The van der Waals surface area contributed by atoms with Crippen LogP contribution in [0.1, 0.15) is 111 Å². The highest BCUT2D eigenvalue weighted by Crippen LogP contribution is 2.60. The van der Waals surface area contributed by atoms with Crippen molar-refractivity contribution < 1.29 is 0 Å². The number of fused-ring (bicyclic) bond motifs is 8. The van der Waals surface area contributed by atoms with Crippen LogP contribution >= 0.6 is 11.8 Å². The van der Waals surface area contributed by atoms with E-state index in [1.807, 2.05) is 11.8 Å². The van der Waals surface area contributed by atoms with Gasteiger partial charge in [-0.25, -0.2) is 0 Å². The van der Waals surface area contributed by atoms with Gasteiger partial charge in [-0.1, -0.05) is 56.0 Å². The fraction of sp³-hybridized carbons (Fsp3) is 0.368. The molecule has 0 radical (unpaired) electrons. The van der Waals surface area contributed by atoms with Crippen LogP contribution in [0, 0.1) is 55.4 Å². The zero-order valence-corrected chi connectivity index (χ0v) is 26.7. The summed E-state index contributed by atoms with van der Waals surface area (Å²) in [5, 5.41) is 2.41. The Labute approximate surface area is 240 Å². The van der Waals surface area contributed by atoms with Crippen LogP contribution in [0.25, 0.3) is 17.2 Å². The first-order valence-electron chi connectivity index (χ1n) is 14.4. The van der Waals surface area contributed by atoms with Gasteiger partial charge in [-0.3, -0.25) is 0 Å². The molecule has 1 spiro atoms. The molecule has 0 unspecified atom stereocenters. The highest BCUT2D eigenvalue weighted by molar-refractivity contribution is 8.02. The second-order valence-electron chi connectivity index (χ2n) is 12.9. The van der Waals surface area contributed by atoms with Crippen LogP contribution in [-0.2, 0) is 10.8 Å². The van der Waals surface area contributed by atoms with E-state index in [9.17, 15) is 0 Å². The summed E-state index contributed by atoms with van der Waals surface area (Å²) in [6.07, 6.45) is 7.28. The molecule has 3 aromatic rings. The third kappa shape index (κ3) is 3.14. The number of thioether (sulfide) groups is 1. The fourth-order valence-corrected chi connectivity index (χ4v) is 9.26. The minimum Gasteiger partial charge on any atom is -0.0977 e. The summed E-state index contributed by atoms with van der Waals surface area (Å²) >= 11 is 1.92. The van der Waals surface area contributed by atoms with Crippen molar-refractivity contribution in [3.8, 4) is 0 Å². The Balaban J connectivity index is 1.94. The molecule has 2 aliphatic carbocycles. The van der Waals surface area contributed by atoms with Gasteiger partial charge in [0, 0.05) is 10.3 Å². The van der Waals surface area contributed by atoms with E-state index in [0.717, 1.165) is 0 Å². The maximum absolute atomic E-state index is 2.56. The molecule has 3 aliphatic rings. The molecule has 0 nitrogen and oxygen atoms in total. The lowest BCUT2D eigenvalue weighted by atomic mass is 9.62. The van der Waals surface area contributed by atoms with Crippen LogP contribution < -0.4 is 0 Å². The Bertz CT molecular complexity index is 1650. The zero-order chi connectivity index (χ0) is 28.3. The van der Waals surface area contributed by atoms with Crippen molar-refractivity contribution in [2.75, 3.05) is 0 Å². The first-order chi connectivity index (χ1) is 18.3. The second kappa shape index (κ2) is 8.37. The normalized spacial score (nSPS) is 17.7. The van der Waals surface area contributed by atoms with Crippen LogP contribution in [0.3, 0.4) is 0 Å². The van der Waals surface area contributed by atoms with Gasteiger partial charge < -0.3 is 0 Å². The molecular formula is C38H42S. The molecule has 0 amide bonds. The molecule has 0 N–H and O–H groups in total. The first-order valence-corrected chi connectivity index (χ1v) is 15.3. The molecule has 3 aromatic carbocycles. The Morgan fingerprint density at radius 1 is 0.538 bits per heavy atom. The molecule has 1 aliphatic heterocycles. The Morgan fingerprint density at radius 2 is 1.03 bits per heavy atom. The molecule has 0 fully saturated rings. The van der Waals surface area contributed by atoms with Gasteiger partial charge in [0.1, 0.15) is 0 Å². The van der Waals surface area contributed by atoms with Gasteiger partial charge in [-0.2, -0.15) is 0 Å². The van der Waals surface area contributed by atoms with Crippen LogP contribution in [0.4, 0.5) is 0 Å². The van der Waals surface area contributed by atoms with Gasteiger partial charge >= 0.3 is 0 Å². The number of allylic oxidation sites excluding steroid dienone is 4. The van der Waals surface area contributed by atoms with E-state index >= 15 is 0 Å². The lowest BCUT2D eigenvalue weighted by Gasteiger charge is -2.43.